The number of benzene rings is 1. The lowest BCUT2D eigenvalue weighted by molar-refractivity contribution is -0.137. The van der Waals surface area contributed by atoms with Crippen molar-refractivity contribution in [3.05, 3.63) is 47.1 Å². The fraction of sp³-hybridized carbons (Fsp3) is 0.429. The average Bonchev–Trinajstić information content (AvgIpc) is 3.08. The van der Waals surface area contributed by atoms with Crippen molar-refractivity contribution in [1.29, 1.82) is 0 Å². The van der Waals surface area contributed by atoms with Gasteiger partial charge in [0, 0.05) is 12.5 Å². The molecule has 0 aliphatic carbocycles. The maximum Gasteiger partial charge on any atom is 0.416 e. The second-order valence-electron chi connectivity index (χ2n) is 5.11. The van der Waals surface area contributed by atoms with E-state index in [2.05, 4.69) is 15.5 Å². The van der Waals surface area contributed by atoms with E-state index in [1.54, 1.807) is 6.07 Å². The Morgan fingerprint density at radius 3 is 2.90 bits per heavy atom. The van der Waals surface area contributed by atoms with Gasteiger partial charge in [0.25, 0.3) is 0 Å². The van der Waals surface area contributed by atoms with Crippen molar-refractivity contribution >= 4 is 0 Å². The van der Waals surface area contributed by atoms with Crippen LogP contribution >= 0.6 is 0 Å². The summed E-state index contributed by atoms with van der Waals surface area (Å²) in [4.78, 5) is 4.28. The predicted octanol–water partition coefficient (Wildman–Crippen LogP) is 2.76. The summed E-state index contributed by atoms with van der Waals surface area (Å²) in [5.74, 6) is 1.20. The van der Waals surface area contributed by atoms with E-state index in [9.17, 15) is 13.2 Å². The number of rotatable bonds is 3. The minimum Gasteiger partial charge on any atom is -0.339 e. The molecule has 0 amide bonds. The molecule has 1 aliphatic heterocycles. The van der Waals surface area contributed by atoms with E-state index in [-0.39, 0.29) is 12.3 Å². The largest absolute Gasteiger partial charge is 0.416 e. The highest BCUT2D eigenvalue weighted by Gasteiger charge is 2.30. The van der Waals surface area contributed by atoms with E-state index in [0.717, 1.165) is 31.6 Å². The summed E-state index contributed by atoms with van der Waals surface area (Å²) in [5.41, 5.74) is -0.163. The maximum atomic E-state index is 12.7. The number of halogens is 3. The third-order valence-electron chi connectivity index (χ3n) is 3.52. The first kappa shape index (κ1) is 14.1. The van der Waals surface area contributed by atoms with E-state index in [1.165, 1.54) is 6.07 Å². The molecule has 112 valence electrons. The Kier molecular flexibility index (Phi) is 3.67. The zero-order valence-electron chi connectivity index (χ0n) is 11.2. The summed E-state index contributed by atoms with van der Waals surface area (Å²) >= 11 is 0. The molecular formula is C14H14F3N3O. The minimum atomic E-state index is -4.34. The van der Waals surface area contributed by atoms with Crippen LogP contribution in [0.3, 0.4) is 0 Å². The van der Waals surface area contributed by atoms with Crippen molar-refractivity contribution < 1.29 is 17.7 Å². The lowest BCUT2D eigenvalue weighted by Gasteiger charge is -2.07. The van der Waals surface area contributed by atoms with E-state index < -0.39 is 11.7 Å². The van der Waals surface area contributed by atoms with Crippen LogP contribution in [0.5, 0.6) is 0 Å². The van der Waals surface area contributed by atoms with E-state index in [4.69, 9.17) is 4.52 Å². The smallest absolute Gasteiger partial charge is 0.339 e. The van der Waals surface area contributed by atoms with Gasteiger partial charge in [-0.2, -0.15) is 18.2 Å². The highest BCUT2D eigenvalue weighted by atomic mass is 19.4. The van der Waals surface area contributed by atoms with Gasteiger partial charge in [0.15, 0.2) is 5.82 Å². The molecule has 3 rings (SSSR count). The molecule has 0 spiro atoms. The molecule has 1 N–H and O–H groups in total. The van der Waals surface area contributed by atoms with Crippen molar-refractivity contribution in [2.75, 3.05) is 13.1 Å². The summed E-state index contributed by atoms with van der Waals surface area (Å²) < 4.78 is 43.1. The topological polar surface area (TPSA) is 51.0 Å². The molecule has 1 aromatic carbocycles. The molecule has 0 radical (unpaired) electrons. The van der Waals surface area contributed by atoms with Gasteiger partial charge in [-0.1, -0.05) is 23.4 Å². The molecule has 4 nitrogen and oxygen atoms in total. The summed E-state index contributed by atoms with van der Waals surface area (Å²) in [6.45, 7) is 1.73. The zero-order chi connectivity index (χ0) is 14.9. The summed E-state index contributed by atoms with van der Waals surface area (Å²) in [5, 5.41) is 7.12. The molecule has 1 aromatic heterocycles. The van der Waals surface area contributed by atoms with Gasteiger partial charge in [-0.3, -0.25) is 0 Å². The Balaban J connectivity index is 1.74. The minimum absolute atomic E-state index is 0.205. The third kappa shape index (κ3) is 3.24. The molecule has 1 unspecified atom stereocenters. The number of nitrogens with zero attached hydrogens (tertiary/aromatic N) is 2. The number of alkyl halides is 3. The fourth-order valence-corrected chi connectivity index (χ4v) is 2.41. The Morgan fingerprint density at radius 1 is 1.33 bits per heavy atom. The molecule has 21 heavy (non-hydrogen) atoms. The van der Waals surface area contributed by atoms with Crippen molar-refractivity contribution in [2.24, 2.45) is 0 Å². The molecule has 0 bridgehead atoms. The van der Waals surface area contributed by atoms with Crippen LogP contribution in [0.25, 0.3) is 0 Å². The van der Waals surface area contributed by atoms with Crippen LogP contribution < -0.4 is 5.32 Å². The number of aromatic nitrogens is 2. The Hall–Kier alpha value is -1.89. The van der Waals surface area contributed by atoms with Crippen molar-refractivity contribution in [2.45, 2.75) is 24.9 Å². The van der Waals surface area contributed by atoms with Gasteiger partial charge in [0.05, 0.1) is 12.0 Å². The Bertz CT molecular complexity index is 618. The molecule has 1 aliphatic rings. The van der Waals surface area contributed by atoms with Crippen LogP contribution in [-0.4, -0.2) is 23.2 Å². The fourth-order valence-electron chi connectivity index (χ4n) is 2.41. The van der Waals surface area contributed by atoms with Gasteiger partial charge in [0.1, 0.15) is 0 Å². The summed E-state index contributed by atoms with van der Waals surface area (Å²) in [6.07, 6.45) is -3.19. The van der Waals surface area contributed by atoms with E-state index in [0.29, 0.717) is 17.3 Å². The summed E-state index contributed by atoms with van der Waals surface area (Å²) in [7, 11) is 0. The first-order chi connectivity index (χ1) is 10.0. The molecule has 1 saturated heterocycles. The molecule has 1 atom stereocenters. The van der Waals surface area contributed by atoms with Gasteiger partial charge in [0.2, 0.25) is 5.89 Å². The molecule has 2 heterocycles. The third-order valence-corrected chi connectivity index (χ3v) is 3.52. The lowest BCUT2D eigenvalue weighted by atomic mass is 10.1. The van der Waals surface area contributed by atoms with Crippen LogP contribution in [0.4, 0.5) is 13.2 Å². The Labute approximate surface area is 119 Å². The molecule has 0 saturated carbocycles. The van der Waals surface area contributed by atoms with Crippen molar-refractivity contribution in [3.8, 4) is 0 Å². The molecule has 2 aromatic rings. The van der Waals surface area contributed by atoms with Gasteiger partial charge in [-0.05, 0) is 24.6 Å². The van der Waals surface area contributed by atoms with E-state index >= 15 is 0 Å². The van der Waals surface area contributed by atoms with Gasteiger partial charge < -0.3 is 9.84 Å². The second kappa shape index (κ2) is 5.48. The van der Waals surface area contributed by atoms with Crippen LogP contribution in [0.15, 0.2) is 28.8 Å². The predicted molar refractivity (Wildman–Crippen MR) is 68.8 cm³/mol. The number of hydrogen-bond acceptors (Lipinski definition) is 4. The first-order valence-electron chi connectivity index (χ1n) is 6.72. The number of hydrogen-bond donors (Lipinski definition) is 1. The monoisotopic (exact) mass is 297 g/mol. The maximum absolute atomic E-state index is 12.7. The lowest BCUT2D eigenvalue weighted by Crippen LogP contribution is -2.08. The van der Waals surface area contributed by atoms with Gasteiger partial charge >= 0.3 is 6.18 Å². The van der Waals surface area contributed by atoms with Gasteiger partial charge in [-0.25, -0.2) is 0 Å². The standard InChI is InChI=1S/C14H14F3N3O/c15-14(16,17)11-3-1-2-9(6-11)7-12-19-13(20-21-12)10-4-5-18-8-10/h1-3,6,10,18H,4-5,7-8H2. The first-order valence-corrected chi connectivity index (χ1v) is 6.72. The van der Waals surface area contributed by atoms with Crippen LogP contribution in [0.1, 0.15) is 35.2 Å². The van der Waals surface area contributed by atoms with Crippen LogP contribution in [-0.2, 0) is 12.6 Å². The zero-order valence-corrected chi connectivity index (χ0v) is 11.2. The molecule has 7 heteroatoms. The van der Waals surface area contributed by atoms with Gasteiger partial charge in [-0.15, -0.1) is 0 Å². The van der Waals surface area contributed by atoms with Crippen molar-refractivity contribution in [3.63, 3.8) is 0 Å². The van der Waals surface area contributed by atoms with E-state index in [1.807, 2.05) is 0 Å². The quantitative estimate of drug-likeness (QED) is 0.946. The van der Waals surface area contributed by atoms with Crippen LogP contribution in [0.2, 0.25) is 0 Å². The average molecular weight is 297 g/mol. The normalized spacial score (nSPS) is 19.1. The number of nitrogens with one attached hydrogen (secondary N) is 1. The van der Waals surface area contributed by atoms with Crippen LogP contribution in [0, 0.1) is 0 Å². The highest BCUT2D eigenvalue weighted by molar-refractivity contribution is 5.27. The highest BCUT2D eigenvalue weighted by Crippen LogP contribution is 2.30. The molecule has 1 fully saturated rings. The second-order valence-corrected chi connectivity index (χ2v) is 5.11. The van der Waals surface area contributed by atoms with Crippen molar-refractivity contribution in [1.82, 2.24) is 15.5 Å². The summed E-state index contributed by atoms with van der Waals surface area (Å²) in [6, 6.07) is 5.17. The Morgan fingerprint density at radius 2 is 2.19 bits per heavy atom. The SMILES string of the molecule is FC(F)(F)c1cccc(Cc2nc(C3CCNC3)no2)c1. The molecular weight excluding hydrogens is 283 g/mol.